The summed E-state index contributed by atoms with van der Waals surface area (Å²) in [7, 11) is 0. The molecule has 0 atom stereocenters. The van der Waals surface area contributed by atoms with Gasteiger partial charge in [-0.2, -0.15) is 13.2 Å². The van der Waals surface area contributed by atoms with E-state index < -0.39 is 11.7 Å². The van der Waals surface area contributed by atoms with Gasteiger partial charge in [0.05, 0.1) is 17.3 Å². The van der Waals surface area contributed by atoms with Crippen LogP contribution in [0.2, 0.25) is 0 Å². The molecule has 0 unspecified atom stereocenters. The lowest BCUT2D eigenvalue weighted by Crippen LogP contribution is -2.11. The van der Waals surface area contributed by atoms with Gasteiger partial charge in [0.25, 0.3) is 0 Å². The minimum atomic E-state index is -4.44. The van der Waals surface area contributed by atoms with Gasteiger partial charge < -0.3 is 4.52 Å². The van der Waals surface area contributed by atoms with Gasteiger partial charge in [-0.25, -0.2) is 0 Å². The second-order valence-electron chi connectivity index (χ2n) is 6.70. The van der Waals surface area contributed by atoms with Gasteiger partial charge in [-0.15, -0.1) is 0 Å². The Bertz CT molecular complexity index is 987. The Morgan fingerprint density at radius 1 is 1.00 bits per heavy atom. The van der Waals surface area contributed by atoms with Crippen molar-refractivity contribution in [1.82, 2.24) is 5.16 Å². The molecule has 138 valence electrons. The number of ketones is 1. The molecule has 0 amide bonds. The minimum Gasteiger partial charge on any atom is -0.360 e. The van der Waals surface area contributed by atoms with Gasteiger partial charge in [0.1, 0.15) is 0 Å². The molecule has 27 heavy (non-hydrogen) atoms. The smallest absolute Gasteiger partial charge is 0.360 e. The van der Waals surface area contributed by atoms with Gasteiger partial charge in [-0.3, -0.25) is 4.79 Å². The predicted molar refractivity (Wildman–Crippen MR) is 92.6 cm³/mol. The lowest BCUT2D eigenvalue weighted by atomic mass is 9.92. The lowest BCUT2D eigenvalue weighted by molar-refractivity contribution is -0.138. The molecular weight excluding hydrogens is 355 g/mol. The van der Waals surface area contributed by atoms with E-state index >= 15 is 0 Å². The molecule has 6 heteroatoms. The van der Waals surface area contributed by atoms with E-state index in [0.717, 1.165) is 18.9 Å². The monoisotopic (exact) mass is 371 g/mol. The third kappa shape index (κ3) is 3.52. The van der Waals surface area contributed by atoms with Crippen LogP contribution in [0.1, 0.15) is 57.1 Å². The van der Waals surface area contributed by atoms with E-state index in [1.54, 1.807) is 30.3 Å². The van der Waals surface area contributed by atoms with Crippen molar-refractivity contribution in [3.63, 3.8) is 0 Å². The van der Waals surface area contributed by atoms with Crippen molar-refractivity contribution in [2.24, 2.45) is 0 Å². The summed E-state index contributed by atoms with van der Waals surface area (Å²) in [6.45, 7) is 0. The number of nitrogens with zero attached hydrogens (tertiary/aromatic N) is 1. The molecular formula is C21H16F3NO2. The van der Waals surface area contributed by atoms with Crippen molar-refractivity contribution in [3.8, 4) is 0 Å². The summed E-state index contributed by atoms with van der Waals surface area (Å²) in [5, 5.41) is 3.75. The van der Waals surface area contributed by atoms with Crippen molar-refractivity contribution in [2.75, 3.05) is 0 Å². The molecule has 0 radical (unpaired) electrons. The number of aromatic nitrogens is 1. The fourth-order valence-electron chi connectivity index (χ4n) is 3.26. The summed E-state index contributed by atoms with van der Waals surface area (Å²) in [6, 6.07) is 12.2. The van der Waals surface area contributed by atoms with Crippen LogP contribution in [0.25, 0.3) is 0 Å². The van der Waals surface area contributed by atoms with Crippen LogP contribution in [-0.2, 0) is 12.6 Å². The molecule has 3 aromatic rings. The highest BCUT2D eigenvalue weighted by molar-refractivity contribution is 6.10. The fraction of sp³-hybridized carbons (Fsp3) is 0.238. The molecule has 0 aliphatic heterocycles. The summed E-state index contributed by atoms with van der Waals surface area (Å²) in [5.41, 5.74) is 0.768. The van der Waals surface area contributed by atoms with Crippen LogP contribution < -0.4 is 0 Å². The summed E-state index contributed by atoms with van der Waals surface area (Å²) < 4.78 is 45.1. The van der Waals surface area contributed by atoms with E-state index in [-0.39, 0.29) is 23.7 Å². The summed E-state index contributed by atoms with van der Waals surface area (Å²) in [4.78, 5) is 13.0. The van der Waals surface area contributed by atoms with Crippen LogP contribution in [0.4, 0.5) is 13.2 Å². The summed E-state index contributed by atoms with van der Waals surface area (Å²) in [6.07, 6.45) is -1.12. The first kappa shape index (κ1) is 17.5. The second-order valence-corrected chi connectivity index (χ2v) is 6.70. The molecule has 1 aromatic heterocycles. The topological polar surface area (TPSA) is 43.1 Å². The van der Waals surface area contributed by atoms with Crippen LogP contribution in [0.15, 0.2) is 59.3 Å². The van der Waals surface area contributed by atoms with Crippen molar-refractivity contribution >= 4 is 5.78 Å². The Morgan fingerprint density at radius 2 is 1.67 bits per heavy atom. The maximum Gasteiger partial charge on any atom is 0.416 e. The first-order chi connectivity index (χ1) is 12.9. The minimum absolute atomic E-state index is 0.0155. The Labute approximate surface area is 153 Å². The maximum atomic E-state index is 13.3. The highest BCUT2D eigenvalue weighted by Gasteiger charge is 2.34. The SMILES string of the molecule is O=C(c1ccccc1Cc1ccccc1C(F)(F)F)c1cnoc1C1CC1. The van der Waals surface area contributed by atoms with Crippen LogP contribution >= 0.6 is 0 Å². The Kier molecular flexibility index (Phi) is 4.34. The molecule has 1 aliphatic rings. The Balaban J connectivity index is 1.71. The van der Waals surface area contributed by atoms with Gasteiger partial charge in [-0.1, -0.05) is 47.6 Å². The third-order valence-corrected chi connectivity index (χ3v) is 4.76. The van der Waals surface area contributed by atoms with E-state index in [1.807, 2.05) is 0 Å². The number of halogens is 3. The number of carbonyl (C=O) groups is 1. The molecule has 1 saturated carbocycles. The average molecular weight is 371 g/mol. The highest BCUT2D eigenvalue weighted by atomic mass is 19.4. The molecule has 1 heterocycles. The van der Waals surface area contributed by atoms with E-state index in [2.05, 4.69) is 5.16 Å². The largest absolute Gasteiger partial charge is 0.416 e. The summed E-state index contributed by atoms with van der Waals surface area (Å²) in [5.74, 6) is 0.522. The first-order valence-corrected chi connectivity index (χ1v) is 8.67. The van der Waals surface area contributed by atoms with Gasteiger partial charge in [0, 0.05) is 11.5 Å². The molecule has 0 saturated heterocycles. The number of rotatable bonds is 5. The van der Waals surface area contributed by atoms with Gasteiger partial charge >= 0.3 is 6.18 Å². The molecule has 1 aliphatic carbocycles. The average Bonchev–Trinajstić information content (AvgIpc) is 3.38. The van der Waals surface area contributed by atoms with Crippen LogP contribution in [-0.4, -0.2) is 10.9 Å². The van der Waals surface area contributed by atoms with E-state index in [1.165, 1.54) is 18.3 Å². The number of alkyl halides is 3. The fourth-order valence-corrected chi connectivity index (χ4v) is 3.26. The van der Waals surface area contributed by atoms with E-state index in [9.17, 15) is 18.0 Å². The molecule has 0 bridgehead atoms. The molecule has 1 fully saturated rings. The zero-order valence-electron chi connectivity index (χ0n) is 14.3. The Morgan fingerprint density at radius 3 is 2.37 bits per heavy atom. The number of carbonyl (C=O) groups excluding carboxylic acids is 1. The number of benzene rings is 2. The number of hydrogen-bond acceptors (Lipinski definition) is 3. The van der Waals surface area contributed by atoms with Crippen LogP contribution in [0, 0.1) is 0 Å². The van der Waals surface area contributed by atoms with Crippen molar-refractivity contribution < 1.29 is 22.5 Å². The quantitative estimate of drug-likeness (QED) is 0.565. The van der Waals surface area contributed by atoms with Crippen molar-refractivity contribution in [2.45, 2.75) is 31.4 Å². The highest BCUT2D eigenvalue weighted by Crippen LogP contribution is 2.42. The van der Waals surface area contributed by atoms with Gasteiger partial charge in [0.2, 0.25) is 0 Å². The van der Waals surface area contributed by atoms with Crippen molar-refractivity contribution in [3.05, 3.63) is 88.3 Å². The predicted octanol–water partition coefficient (Wildman–Crippen LogP) is 5.39. The molecule has 4 rings (SSSR count). The molecule has 0 spiro atoms. The third-order valence-electron chi connectivity index (χ3n) is 4.76. The van der Waals surface area contributed by atoms with Crippen molar-refractivity contribution in [1.29, 1.82) is 0 Å². The van der Waals surface area contributed by atoms with Gasteiger partial charge in [0.15, 0.2) is 11.5 Å². The molecule has 3 nitrogen and oxygen atoms in total. The second kappa shape index (κ2) is 6.68. The zero-order valence-corrected chi connectivity index (χ0v) is 14.3. The number of hydrogen-bond donors (Lipinski definition) is 0. The lowest BCUT2D eigenvalue weighted by Gasteiger charge is -2.14. The first-order valence-electron chi connectivity index (χ1n) is 8.67. The zero-order chi connectivity index (χ0) is 19.0. The summed E-state index contributed by atoms with van der Waals surface area (Å²) >= 11 is 0. The van der Waals surface area contributed by atoms with E-state index in [4.69, 9.17) is 4.52 Å². The van der Waals surface area contributed by atoms with Crippen LogP contribution in [0.5, 0.6) is 0 Å². The normalized spacial score (nSPS) is 14.3. The standard InChI is InChI=1S/C21H16F3NO2/c22-21(23,24)18-8-4-2-6-15(18)11-14-5-1-3-7-16(14)19(26)17-12-25-27-20(17)13-9-10-13/h1-8,12-13H,9-11H2. The maximum absolute atomic E-state index is 13.3. The van der Waals surface area contributed by atoms with E-state index in [0.29, 0.717) is 22.5 Å². The van der Waals surface area contributed by atoms with Gasteiger partial charge in [-0.05, 0) is 36.5 Å². The van der Waals surface area contributed by atoms with Crippen LogP contribution in [0.3, 0.4) is 0 Å². The molecule has 2 aromatic carbocycles. The Hall–Kier alpha value is -2.89. The molecule has 0 N–H and O–H groups in total.